The van der Waals surface area contributed by atoms with E-state index in [1.54, 1.807) is 6.20 Å². The lowest BCUT2D eigenvalue weighted by atomic mass is 10.0. The highest BCUT2D eigenvalue weighted by atomic mass is 16.2. The van der Waals surface area contributed by atoms with Gasteiger partial charge in [0, 0.05) is 37.3 Å². The number of nitrogens with zero attached hydrogens (tertiary/aromatic N) is 2. The van der Waals surface area contributed by atoms with Crippen molar-refractivity contribution in [3.63, 3.8) is 0 Å². The first-order valence-corrected chi connectivity index (χ1v) is 5.87. The molecule has 2 rings (SSSR count). The van der Waals surface area contributed by atoms with Gasteiger partial charge in [0.1, 0.15) is 0 Å². The van der Waals surface area contributed by atoms with Gasteiger partial charge in [-0.05, 0) is 18.1 Å². The van der Waals surface area contributed by atoms with Gasteiger partial charge < -0.3 is 4.90 Å². The number of pyridine rings is 1. The van der Waals surface area contributed by atoms with Crippen molar-refractivity contribution in [2.24, 2.45) is 5.92 Å². The topological polar surface area (TPSA) is 33.2 Å². The van der Waals surface area contributed by atoms with Gasteiger partial charge in [0.15, 0.2) is 0 Å². The highest BCUT2D eigenvalue weighted by molar-refractivity contribution is 5.78. The highest BCUT2D eigenvalue weighted by Gasteiger charge is 2.28. The summed E-state index contributed by atoms with van der Waals surface area (Å²) >= 11 is 0. The van der Waals surface area contributed by atoms with Crippen molar-refractivity contribution in [2.45, 2.75) is 26.2 Å². The van der Waals surface area contributed by atoms with Crippen LogP contribution in [0.5, 0.6) is 0 Å². The summed E-state index contributed by atoms with van der Waals surface area (Å²) in [6, 6.07) is 4.06. The molecule has 0 N–H and O–H groups in total. The van der Waals surface area contributed by atoms with Crippen LogP contribution in [0.2, 0.25) is 0 Å². The molecule has 1 unspecified atom stereocenters. The Labute approximate surface area is 96.5 Å². The molecule has 1 amide bonds. The van der Waals surface area contributed by atoms with Gasteiger partial charge in [-0.15, -0.1) is 0 Å². The molecule has 0 bridgehead atoms. The number of hydrogen-bond acceptors (Lipinski definition) is 2. The van der Waals surface area contributed by atoms with Crippen LogP contribution in [0.3, 0.4) is 0 Å². The number of hydrogen-bond donors (Lipinski definition) is 0. The summed E-state index contributed by atoms with van der Waals surface area (Å²) in [4.78, 5) is 17.9. The first kappa shape index (κ1) is 11.1. The fourth-order valence-electron chi connectivity index (χ4n) is 2.22. The lowest BCUT2D eigenvalue weighted by Crippen LogP contribution is -2.31. The van der Waals surface area contributed by atoms with Crippen molar-refractivity contribution in [1.29, 1.82) is 0 Å². The minimum absolute atomic E-state index is 0.104. The average molecular weight is 218 g/mol. The Balaban J connectivity index is 2.01. The molecule has 1 saturated heterocycles. The lowest BCUT2D eigenvalue weighted by Gasteiger charge is -2.18. The van der Waals surface area contributed by atoms with Crippen LogP contribution < -0.4 is 0 Å². The van der Waals surface area contributed by atoms with Gasteiger partial charge in [0.2, 0.25) is 5.91 Å². The van der Waals surface area contributed by atoms with Crippen molar-refractivity contribution < 1.29 is 4.79 Å². The van der Waals surface area contributed by atoms with E-state index in [0.717, 1.165) is 19.5 Å². The van der Waals surface area contributed by atoms with E-state index in [9.17, 15) is 4.79 Å². The summed E-state index contributed by atoms with van der Waals surface area (Å²) in [7, 11) is 0. The van der Waals surface area contributed by atoms with E-state index in [0.29, 0.717) is 5.92 Å². The van der Waals surface area contributed by atoms with Gasteiger partial charge in [-0.1, -0.05) is 19.9 Å². The molecule has 2 heterocycles. The smallest absolute Gasteiger partial charge is 0.225 e. The van der Waals surface area contributed by atoms with Crippen LogP contribution in [-0.2, 0) is 4.79 Å². The molecule has 0 spiro atoms. The second-order valence-electron chi connectivity index (χ2n) is 4.71. The number of carbonyl (C=O) groups excluding carboxylic acids is 1. The quantitative estimate of drug-likeness (QED) is 0.761. The Morgan fingerprint density at radius 3 is 3.00 bits per heavy atom. The second-order valence-corrected chi connectivity index (χ2v) is 4.71. The summed E-state index contributed by atoms with van der Waals surface area (Å²) in [5.41, 5.74) is 1.25. The molecule has 16 heavy (non-hydrogen) atoms. The molecule has 0 radical (unpaired) electrons. The third-order valence-electron chi connectivity index (χ3n) is 3.15. The lowest BCUT2D eigenvalue weighted by molar-refractivity contribution is -0.133. The predicted octanol–water partition coefficient (Wildman–Crippen LogP) is 2.05. The van der Waals surface area contributed by atoms with Crippen molar-refractivity contribution in [3.8, 4) is 0 Å². The summed E-state index contributed by atoms with van der Waals surface area (Å²) in [5.74, 6) is 0.843. The largest absolute Gasteiger partial charge is 0.342 e. The summed E-state index contributed by atoms with van der Waals surface area (Å²) in [6.45, 7) is 5.65. The fraction of sp³-hybridized carbons (Fsp3) is 0.538. The number of likely N-dealkylation sites (tertiary alicyclic amines) is 1. The zero-order valence-corrected chi connectivity index (χ0v) is 9.89. The third-order valence-corrected chi connectivity index (χ3v) is 3.15. The van der Waals surface area contributed by atoms with E-state index < -0.39 is 0 Å². The van der Waals surface area contributed by atoms with Crippen LogP contribution in [0, 0.1) is 5.92 Å². The summed E-state index contributed by atoms with van der Waals surface area (Å²) < 4.78 is 0. The molecule has 1 aliphatic rings. The number of amides is 1. The molecule has 1 aromatic heterocycles. The first-order valence-electron chi connectivity index (χ1n) is 5.87. The monoisotopic (exact) mass is 218 g/mol. The van der Waals surface area contributed by atoms with Crippen molar-refractivity contribution in [3.05, 3.63) is 30.1 Å². The Bertz CT molecular complexity index is 361. The van der Waals surface area contributed by atoms with Gasteiger partial charge in [0.05, 0.1) is 0 Å². The van der Waals surface area contributed by atoms with Gasteiger partial charge >= 0.3 is 0 Å². The summed E-state index contributed by atoms with van der Waals surface area (Å²) in [6.07, 6.45) is 4.76. The molecule has 0 saturated carbocycles. The SMILES string of the molecule is CC(C)C(=O)N1CCC(c2cccnc2)C1. The minimum Gasteiger partial charge on any atom is -0.342 e. The van der Waals surface area contributed by atoms with Crippen LogP contribution in [0.1, 0.15) is 31.7 Å². The van der Waals surface area contributed by atoms with Gasteiger partial charge in [0.25, 0.3) is 0 Å². The van der Waals surface area contributed by atoms with E-state index in [4.69, 9.17) is 0 Å². The average Bonchev–Trinajstić information content (AvgIpc) is 2.78. The highest BCUT2D eigenvalue weighted by Crippen LogP contribution is 2.27. The second kappa shape index (κ2) is 4.64. The zero-order valence-electron chi connectivity index (χ0n) is 9.89. The van der Waals surface area contributed by atoms with Gasteiger partial charge in [-0.2, -0.15) is 0 Å². The number of aromatic nitrogens is 1. The Morgan fingerprint density at radius 1 is 1.56 bits per heavy atom. The maximum atomic E-state index is 11.8. The Morgan fingerprint density at radius 2 is 2.38 bits per heavy atom. The fourth-order valence-corrected chi connectivity index (χ4v) is 2.22. The minimum atomic E-state index is 0.104. The molecular formula is C13H18N2O. The third kappa shape index (κ3) is 2.23. The van der Waals surface area contributed by atoms with E-state index in [1.165, 1.54) is 5.56 Å². The standard InChI is InChI=1S/C13H18N2O/c1-10(2)13(16)15-7-5-12(9-15)11-4-3-6-14-8-11/h3-4,6,8,10,12H,5,7,9H2,1-2H3. The molecule has 1 atom stereocenters. The molecule has 1 aromatic rings. The molecule has 0 aliphatic carbocycles. The van der Waals surface area contributed by atoms with E-state index in [2.05, 4.69) is 11.1 Å². The van der Waals surface area contributed by atoms with Crippen molar-refractivity contribution in [2.75, 3.05) is 13.1 Å². The molecule has 1 fully saturated rings. The van der Waals surface area contributed by atoms with Gasteiger partial charge in [-0.25, -0.2) is 0 Å². The van der Waals surface area contributed by atoms with E-state index >= 15 is 0 Å². The Hall–Kier alpha value is -1.38. The molecule has 3 heteroatoms. The number of rotatable bonds is 2. The summed E-state index contributed by atoms with van der Waals surface area (Å²) in [5, 5.41) is 0. The van der Waals surface area contributed by atoms with Crippen LogP contribution in [-0.4, -0.2) is 28.9 Å². The first-order chi connectivity index (χ1) is 7.68. The number of carbonyl (C=O) groups is 1. The zero-order chi connectivity index (χ0) is 11.5. The maximum Gasteiger partial charge on any atom is 0.225 e. The van der Waals surface area contributed by atoms with Crippen LogP contribution >= 0.6 is 0 Å². The molecule has 3 nitrogen and oxygen atoms in total. The van der Waals surface area contributed by atoms with E-state index in [1.807, 2.05) is 31.0 Å². The van der Waals surface area contributed by atoms with Gasteiger partial charge in [-0.3, -0.25) is 9.78 Å². The van der Waals surface area contributed by atoms with Crippen molar-refractivity contribution >= 4 is 5.91 Å². The van der Waals surface area contributed by atoms with Crippen LogP contribution in [0.25, 0.3) is 0 Å². The molecular weight excluding hydrogens is 200 g/mol. The molecule has 0 aromatic carbocycles. The van der Waals surface area contributed by atoms with E-state index in [-0.39, 0.29) is 11.8 Å². The van der Waals surface area contributed by atoms with Crippen LogP contribution in [0.4, 0.5) is 0 Å². The van der Waals surface area contributed by atoms with Crippen molar-refractivity contribution in [1.82, 2.24) is 9.88 Å². The molecule has 86 valence electrons. The normalized spacial score (nSPS) is 20.4. The van der Waals surface area contributed by atoms with Crippen LogP contribution in [0.15, 0.2) is 24.5 Å². The Kier molecular flexibility index (Phi) is 3.22. The molecule has 1 aliphatic heterocycles. The predicted molar refractivity (Wildman–Crippen MR) is 63.0 cm³/mol. The maximum absolute atomic E-state index is 11.8.